The number of amides is 2. The van der Waals surface area contributed by atoms with Gasteiger partial charge in [0.1, 0.15) is 0 Å². The van der Waals surface area contributed by atoms with Crippen LogP contribution in [-0.4, -0.2) is 24.9 Å². The van der Waals surface area contributed by atoms with Crippen molar-refractivity contribution in [3.05, 3.63) is 70.8 Å². The first-order valence-corrected chi connectivity index (χ1v) is 7.53. The minimum atomic E-state index is -0.147. The average Bonchev–Trinajstić information content (AvgIpc) is 2.58. The van der Waals surface area contributed by atoms with Crippen molar-refractivity contribution in [1.82, 2.24) is 10.6 Å². The van der Waals surface area contributed by atoms with E-state index >= 15 is 0 Å². The van der Waals surface area contributed by atoms with E-state index in [1.54, 1.807) is 18.2 Å². The molecule has 0 spiro atoms. The third kappa shape index (κ3) is 4.66. The highest BCUT2D eigenvalue weighted by molar-refractivity contribution is 5.95. The van der Waals surface area contributed by atoms with Crippen LogP contribution >= 0.6 is 0 Å². The van der Waals surface area contributed by atoms with Gasteiger partial charge in [0, 0.05) is 30.8 Å². The van der Waals surface area contributed by atoms with E-state index in [4.69, 9.17) is 5.73 Å². The van der Waals surface area contributed by atoms with Gasteiger partial charge in [-0.05, 0) is 36.2 Å². The second-order valence-corrected chi connectivity index (χ2v) is 5.24. The Hall–Kier alpha value is -2.66. The summed E-state index contributed by atoms with van der Waals surface area (Å²) in [6.45, 7) is 3.18. The number of aryl methyl sites for hydroxylation is 1. The summed E-state index contributed by atoms with van der Waals surface area (Å²) < 4.78 is 0. The fourth-order valence-electron chi connectivity index (χ4n) is 2.17. The van der Waals surface area contributed by atoms with Gasteiger partial charge in [-0.15, -0.1) is 0 Å². The Bertz CT molecular complexity index is 681. The van der Waals surface area contributed by atoms with E-state index in [1.165, 1.54) is 0 Å². The topological polar surface area (TPSA) is 84.2 Å². The summed E-state index contributed by atoms with van der Waals surface area (Å²) in [7, 11) is 0. The molecule has 120 valence electrons. The number of hydrogen-bond donors (Lipinski definition) is 3. The van der Waals surface area contributed by atoms with Gasteiger partial charge in [0.25, 0.3) is 11.8 Å². The van der Waals surface area contributed by atoms with Crippen LogP contribution in [0.15, 0.2) is 48.5 Å². The molecule has 0 fully saturated rings. The molecule has 2 aromatic rings. The fraction of sp³-hybridized carbons (Fsp3) is 0.222. The number of carbonyl (C=O) groups is 2. The first-order valence-electron chi connectivity index (χ1n) is 7.53. The van der Waals surface area contributed by atoms with Crippen molar-refractivity contribution in [1.29, 1.82) is 0 Å². The minimum absolute atomic E-state index is 0.104. The molecule has 0 unspecified atom stereocenters. The SMILES string of the molecule is Cc1ccccc1C(=O)NCc1ccc(C(=O)NCCN)cc1. The monoisotopic (exact) mass is 311 g/mol. The van der Waals surface area contributed by atoms with E-state index in [1.807, 2.05) is 37.3 Å². The minimum Gasteiger partial charge on any atom is -0.351 e. The third-order valence-electron chi connectivity index (χ3n) is 3.49. The largest absolute Gasteiger partial charge is 0.351 e. The van der Waals surface area contributed by atoms with Crippen molar-refractivity contribution in [2.45, 2.75) is 13.5 Å². The molecule has 0 bridgehead atoms. The molecule has 2 aromatic carbocycles. The van der Waals surface area contributed by atoms with Crippen LogP contribution in [0.2, 0.25) is 0 Å². The average molecular weight is 311 g/mol. The Morgan fingerprint density at radius 3 is 2.30 bits per heavy atom. The van der Waals surface area contributed by atoms with Crippen LogP contribution < -0.4 is 16.4 Å². The maximum absolute atomic E-state index is 12.1. The van der Waals surface area contributed by atoms with E-state index in [0.717, 1.165) is 11.1 Å². The van der Waals surface area contributed by atoms with Crippen molar-refractivity contribution >= 4 is 11.8 Å². The van der Waals surface area contributed by atoms with Crippen molar-refractivity contribution in [2.75, 3.05) is 13.1 Å². The van der Waals surface area contributed by atoms with Gasteiger partial charge >= 0.3 is 0 Å². The highest BCUT2D eigenvalue weighted by atomic mass is 16.2. The molecule has 0 atom stereocenters. The number of nitrogens with one attached hydrogen (secondary N) is 2. The fourth-order valence-corrected chi connectivity index (χ4v) is 2.17. The number of carbonyl (C=O) groups excluding carboxylic acids is 2. The molecule has 5 heteroatoms. The number of hydrogen-bond acceptors (Lipinski definition) is 3. The Labute approximate surface area is 135 Å². The quantitative estimate of drug-likeness (QED) is 0.758. The maximum Gasteiger partial charge on any atom is 0.251 e. The zero-order chi connectivity index (χ0) is 16.7. The maximum atomic E-state index is 12.1. The Morgan fingerprint density at radius 1 is 0.957 bits per heavy atom. The molecule has 0 aliphatic heterocycles. The normalized spacial score (nSPS) is 10.2. The van der Waals surface area contributed by atoms with Crippen molar-refractivity contribution in [3.63, 3.8) is 0 Å². The van der Waals surface area contributed by atoms with Gasteiger partial charge in [-0.3, -0.25) is 9.59 Å². The van der Waals surface area contributed by atoms with Crippen LogP contribution in [-0.2, 0) is 6.54 Å². The smallest absolute Gasteiger partial charge is 0.251 e. The number of nitrogens with two attached hydrogens (primary N) is 1. The van der Waals surface area contributed by atoms with Gasteiger partial charge in [-0.2, -0.15) is 0 Å². The first kappa shape index (κ1) is 16.7. The molecule has 0 saturated heterocycles. The Balaban J connectivity index is 1.93. The molecule has 23 heavy (non-hydrogen) atoms. The predicted octanol–water partition coefficient (Wildman–Crippen LogP) is 1.61. The van der Waals surface area contributed by atoms with Crippen molar-refractivity contribution < 1.29 is 9.59 Å². The number of benzene rings is 2. The van der Waals surface area contributed by atoms with Gasteiger partial charge in [-0.25, -0.2) is 0 Å². The molecule has 5 nitrogen and oxygen atoms in total. The molecule has 0 aliphatic rings. The third-order valence-corrected chi connectivity index (χ3v) is 3.49. The summed E-state index contributed by atoms with van der Waals surface area (Å²) in [6.07, 6.45) is 0. The standard InChI is InChI=1S/C18H21N3O2/c1-13-4-2-3-5-16(13)18(23)21-12-14-6-8-15(9-7-14)17(22)20-11-10-19/h2-9H,10-12,19H2,1H3,(H,20,22)(H,21,23). The molecular weight excluding hydrogens is 290 g/mol. The predicted molar refractivity (Wildman–Crippen MR) is 90.2 cm³/mol. The highest BCUT2D eigenvalue weighted by Crippen LogP contribution is 2.08. The summed E-state index contributed by atoms with van der Waals surface area (Å²) in [5.41, 5.74) is 8.47. The lowest BCUT2D eigenvalue weighted by Crippen LogP contribution is -2.29. The van der Waals surface area contributed by atoms with Crippen LogP contribution in [0, 0.1) is 6.92 Å². The van der Waals surface area contributed by atoms with Crippen LogP contribution in [0.5, 0.6) is 0 Å². The van der Waals surface area contributed by atoms with E-state index < -0.39 is 0 Å². The summed E-state index contributed by atoms with van der Waals surface area (Å²) in [5, 5.41) is 5.60. The molecule has 0 radical (unpaired) electrons. The van der Waals surface area contributed by atoms with Gasteiger partial charge in [0.2, 0.25) is 0 Å². The van der Waals surface area contributed by atoms with Gasteiger partial charge in [0.05, 0.1) is 0 Å². The molecule has 0 saturated carbocycles. The van der Waals surface area contributed by atoms with E-state index in [0.29, 0.717) is 30.8 Å². The van der Waals surface area contributed by atoms with Crippen LogP contribution in [0.3, 0.4) is 0 Å². The summed E-state index contributed by atoms with van der Waals surface area (Å²) in [4.78, 5) is 23.9. The van der Waals surface area contributed by atoms with E-state index in [-0.39, 0.29) is 11.8 Å². The second-order valence-electron chi connectivity index (χ2n) is 5.24. The molecule has 0 heterocycles. The lowest BCUT2D eigenvalue weighted by Gasteiger charge is -2.08. The second kappa shape index (κ2) is 8.10. The lowest BCUT2D eigenvalue weighted by atomic mass is 10.1. The zero-order valence-electron chi connectivity index (χ0n) is 13.1. The van der Waals surface area contributed by atoms with Crippen LogP contribution in [0.25, 0.3) is 0 Å². The van der Waals surface area contributed by atoms with Gasteiger partial charge < -0.3 is 16.4 Å². The highest BCUT2D eigenvalue weighted by Gasteiger charge is 2.08. The summed E-state index contributed by atoms with van der Waals surface area (Å²) >= 11 is 0. The Morgan fingerprint density at radius 2 is 1.65 bits per heavy atom. The molecule has 4 N–H and O–H groups in total. The zero-order valence-corrected chi connectivity index (χ0v) is 13.1. The van der Waals surface area contributed by atoms with Gasteiger partial charge in [-0.1, -0.05) is 30.3 Å². The van der Waals surface area contributed by atoms with E-state index in [9.17, 15) is 9.59 Å². The van der Waals surface area contributed by atoms with Crippen LogP contribution in [0.1, 0.15) is 31.8 Å². The van der Waals surface area contributed by atoms with Gasteiger partial charge in [0.15, 0.2) is 0 Å². The molecule has 2 amide bonds. The lowest BCUT2D eigenvalue weighted by molar-refractivity contribution is 0.0943. The van der Waals surface area contributed by atoms with Crippen LogP contribution in [0.4, 0.5) is 0 Å². The molecular formula is C18H21N3O2. The van der Waals surface area contributed by atoms with Crippen molar-refractivity contribution in [2.24, 2.45) is 5.73 Å². The summed E-state index contributed by atoms with van der Waals surface area (Å²) in [5.74, 6) is -0.251. The Kier molecular flexibility index (Phi) is 5.88. The summed E-state index contributed by atoms with van der Waals surface area (Å²) in [6, 6.07) is 14.6. The first-order chi connectivity index (χ1) is 11.1. The van der Waals surface area contributed by atoms with E-state index in [2.05, 4.69) is 10.6 Å². The molecule has 0 aliphatic carbocycles. The number of rotatable bonds is 6. The molecule has 0 aromatic heterocycles. The van der Waals surface area contributed by atoms with Crippen molar-refractivity contribution in [3.8, 4) is 0 Å². The molecule has 2 rings (SSSR count).